The first-order valence-electron chi connectivity index (χ1n) is 21.2. The molecule has 3 N–H and O–H groups in total. The summed E-state index contributed by atoms with van der Waals surface area (Å²) in [5.74, 6) is 0.847. The van der Waals surface area contributed by atoms with Gasteiger partial charge in [0, 0.05) is 87.3 Å². The molecule has 6 aromatic heterocycles. The molecule has 0 aliphatic carbocycles. The van der Waals surface area contributed by atoms with Gasteiger partial charge in [0.05, 0.1) is 61.7 Å². The van der Waals surface area contributed by atoms with E-state index in [2.05, 4.69) is 101 Å². The minimum atomic E-state index is 0.192. The normalized spacial score (nSPS) is 20.5. The predicted molar refractivity (Wildman–Crippen MR) is 254 cm³/mol. The maximum absolute atomic E-state index is 9.69. The van der Waals surface area contributed by atoms with Crippen molar-refractivity contribution >= 4 is 109 Å². The Bertz CT molecular complexity index is 2780. The highest BCUT2D eigenvalue weighted by atomic mass is 32.1. The number of ether oxygens (including phenoxy) is 1. The number of thiazole rings is 2. The molecule has 2 aromatic carbocycles. The number of likely N-dealkylation sites (tertiary alicyclic amines) is 2. The van der Waals surface area contributed by atoms with Crippen LogP contribution in [0.25, 0.3) is 52.1 Å². The Balaban J connectivity index is 1.03. The van der Waals surface area contributed by atoms with Gasteiger partial charge in [0.2, 0.25) is 0 Å². The third-order valence-electron chi connectivity index (χ3n) is 12.7. The highest BCUT2D eigenvalue weighted by molar-refractivity contribution is 7.19. The molecule has 8 aromatic rings. The average molecular weight is 875 g/mol. The number of β-amino-alcohol motifs (C(OH)–C–C–N with tert-alkyl or cyclic N) is 1. The molecule has 2 unspecified atom stereocenters. The van der Waals surface area contributed by atoms with Gasteiger partial charge in [0.15, 0.2) is 0 Å². The minimum absolute atomic E-state index is 0.192. The highest BCUT2D eigenvalue weighted by Crippen LogP contribution is 2.45. The van der Waals surface area contributed by atoms with Gasteiger partial charge in [-0.15, -0.1) is 45.3 Å². The highest BCUT2D eigenvalue weighted by Gasteiger charge is 2.32. The van der Waals surface area contributed by atoms with Crippen LogP contribution in [0.2, 0.25) is 0 Å². The van der Waals surface area contributed by atoms with Crippen LogP contribution in [-0.2, 0) is 4.74 Å². The number of hydrogen-bond donors (Lipinski definition) is 3. The molecule has 310 valence electrons. The third-order valence-corrected chi connectivity index (χ3v) is 16.7. The lowest BCUT2D eigenvalue weighted by molar-refractivity contribution is 0.0748. The summed E-state index contributed by atoms with van der Waals surface area (Å²) < 4.78 is 8.05. The van der Waals surface area contributed by atoms with Crippen LogP contribution in [0, 0.1) is 0 Å². The molecule has 0 amide bonds. The van der Waals surface area contributed by atoms with E-state index < -0.39 is 0 Å². The van der Waals surface area contributed by atoms with Crippen molar-refractivity contribution < 1.29 is 9.84 Å². The maximum atomic E-state index is 9.69. The zero-order valence-corrected chi connectivity index (χ0v) is 37.5. The topological polar surface area (TPSA) is 112 Å². The van der Waals surface area contributed by atoms with Gasteiger partial charge in [-0.25, -0.2) is 19.9 Å². The van der Waals surface area contributed by atoms with Crippen molar-refractivity contribution in [3.63, 3.8) is 0 Å². The first-order valence-corrected chi connectivity index (χ1v) is 24.6. The first kappa shape index (κ1) is 40.0. The van der Waals surface area contributed by atoms with Gasteiger partial charge in [0.25, 0.3) is 0 Å². The number of nitrogens with one attached hydrogen (secondary N) is 2. The van der Waals surface area contributed by atoms with Crippen molar-refractivity contribution in [1.82, 2.24) is 29.7 Å². The standard InChI is InChI=1S/C46H50N8O2S4/c1-4-56-18-16-54-14-6-8-32(28(54)3)43-23-35-38(50-29-9-10-41-39(20-29)48-25-57-41)24-37(52-46(35)60-43)33-19-30(21-40-44(33)58-26-49-40)51-36-11-12-47-45-34(36)22-42(59-45)31-7-5-13-53(15-17-55)27(31)2/h9-12,19-28,31-32,55H,4-8,13-18H2,1-3H3,(H,47,51)(H,50,52)/t27?,28-,31?,32-/m0/s1. The number of benzene rings is 2. The summed E-state index contributed by atoms with van der Waals surface area (Å²) in [4.78, 5) is 29.6. The summed E-state index contributed by atoms with van der Waals surface area (Å²) in [6, 6.07) is 20.7. The number of fused-ring (bicyclic) bond motifs is 4. The van der Waals surface area contributed by atoms with Crippen molar-refractivity contribution in [3.8, 4) is 11.3 Å². The smallest absolute Gasteiger partial charge is 0.126 e. The van der Waals surface area contributed by atoms with E-state index >= 15 is 0 Å². The second kappa shape index (κ2) is 17.3. The van der Waals surface area contributed by atoms with Crippen LogP contribution >= 0.6 is 45.3 Å². The Hall–Kier alpha value is -4.12. The first-order chi connectivity index (χ1) is 29.4. The fraction of sp³-hybridized carbons (Fsp3) is 0.391. The molecule has 0 bridgehead atoms. The molecule has 0 radical (unpaired) electrons. The number of aliphatic hydroxyl groups excluding tert-OH is 1. The number of anilines is 4. The molecule has 2 aliphatic rings. The molecule has 4 atom stereocenters. The van der Waals surface area contributed by atoms with Crippen LogP contribution in [0.15, 0.2) is 71.8 Å². The second-order valence-corrected chi connectivity index (χ2v) is 20.0. The molecular formula is C46H50N8O2S4. The molecule has 2 fully saturated rings. The zero-order chi connectivity index (χ0) is 40.7. The van der Waals surface area contributed by atoms with Gasteiger partial charge in [-0.1, -0.05) is 0 Å². The van der Waals surface area contributed by atoms with Gasteiger partial charge >= 0.3 is 0 Å². The van der Waals surface area contributed by atoms with E-state index in [1.807, 2.05) is 28.6 Å². The number of pyridine rings is 2. The van der Waals surface area contributed by atoms with Gasteiger partial charge in [-0.3, -0.25) is 9.80 Å². The molecule has 10 rings (SSSR count). The van der Waals surface area contributed by atoms with Crippen molar-refractivity contribution in [2.75, 3.05) is 56.6 Å². The van der Waals surface area contributed by atoms with Crippen LogP contribution in [0.3, 0.4) is 0 Å². The summed E-state index contributed by atoms with van der Waals surface area (Å²) in [6.45, 7) is 12.3. The zero-order valence-electron chi connectivity index (χ0n) is 34.2. The Morgan fingerprint density at radius 3 is 2.23 bits per heavy atom. The lowest BCUT2D eigenvalue weighted by Gasteiger charge is -2.39. The molecule has 2 saturated heterocycles. The van der Waals surface area contributed by atoms with Crippen LogP contribution in [-0.4, -0.2) is 92.9 Å². The largest absolute Gasteiger partial charge is 0.395 e. The molecule has 8 heterocycles. The molecule has 10 nitrogen and oxygen atoms in total. The van der Waals surface area contributed by atoms with Crippen LogP contribution in [0.5, 0.6) is 0 Å². The van der Waals surface area contributed by atoms with Gasteiger partial charge < -0.3 is 20.5 Å². The monoisotopic (exact) mass is 874 g/mol. The van der Waals surface area contributed by atoms with Crippen molar-refractivity contribution in [2.45, 2.75) is 70.4 Å². The Labute approximate surface area is 366 Å². The minimum Gasteiger partial charge on any atom is -0.395 e. The summed E-state index contributed by atoms with van der Waals surface area (Å²) >= 11 is 6.96. The number of piperidine rings is 2. The number of hydrogen-bond acceptors (Lipinski definition) is 14. The van der Waals surface area contributed by atoms with E-state index in [-0.39, 0.29) is 6.61 Å². The molecule has 2 aliphatic heterocycles. The summed E-state index contributed by atoms with van der Waals surface area (Å²) in [5.41, 5.74) is 11.8. The van der Waals surface area contributed by atoms with Gasteiger partial charge in [-0.2, -0.15) is 0 Å². The van der Waals surface area contributed by atoms with E-state index in [1.165, 1.54) is 27.3 Å². The van der Waals surface area contributed by atoms with E-state index in [1.54, 1.807) is 34.0 Å². The maximum Gasteiger partial charge on any atom is 0.126 e. The summed E-state index contributed by atoms with van der Waals surface area (Å²) in [5, 5.41) is 19.6. The number of thiophene rings is 2. The molecular weight excluding hydrogens is 825 g/mol. The van der Waals surface area contributed by atoms with E-state index in [4.69, 9.17) is 19.7 Å². The molecule has 0 spiro atoms. The quantitative estimate of drug-likeness (QED) is 0.0968. The third kappa shape index (κ3) is 7.81. The average Bonchev–Trinajstić information content (AvgIpc) is 4.09. The van der Waals surface area contributed by atoms with Crippen LogP contribution in [0.4, 0.5) is 22.7 Å². The predicted octanol–water partition coefficient (Wildman–Crippen LogP) is 11.4. The Morgan fingerprint density at radius 1 is 0.750 bits per heavy atom. The molecule has 0 saturated carbocycles. The summed E-state index contributed by atoms with van der Waals surface area (Å²) in [6.07, 6.45) is 6.53. The molecule has 60 heavy (non-hydrogen) atoms. The van der Waals surface area contributed by atoms with Crippen LogP contribution in [0.1, 0.15) is 68.0 Å². The lowest BCUT2D eigenvalue weighted by Crippen LogP contribution is -2.43. The van der Waals surface area contributed by atoms with Gasteiger partial charge in [0.1, 0.15) is 9.66 Å². The fourth-order valence-electron chi connectivity index (χ4n) is 9.46. The van der Waals surface area contributed by atoms with E-state index in [0.717, 1.165) is 122 Å². The number of nitrogens with zero attached hydrogens (tertiary/aromatic N) is 6. The van der Waals surface area contributed by atoms with Gasteiger partial charge in [-0.05, 0) is 114 Å². The number of aliphatic hydroxyl groups is 1. The number of aromatic nitrogens is 4. The van der Waals surface area contributed by atoms with Crippen molar-refractivity contribution in [1.29, 1.82) is 0 Å². The second-order valence-electron chi connectivity index (χ2n) is 16.1. The summed E-state index contributed by atoms with van der Waals surface area (Å²) in [7, 11) is 0. The Morgan fingerprint density at radius 2 is 1.45 bits per heavy atom. The SMILES string of the molecule is CCOCCN1CCC[C@H](c2cc3c(Nc4ccc5scnc5c4)cc(-c4cc(Nc5ccnc6sc(C7CCCN(CCO)C7C)cc56)cc5ncsc45)nc3s2)[C@@H]1C. The van der Waals surface area contributed by atoms with E-state index in [0.29, 0.717) is 23.9 Å². The fourth-order valence-corrected chi connectivity index (χ4v) is 13.5. The van der Waals surface area contributed by atoms with E-state index in [9.17, 15) is 5.11 Å². The number of rotatable bonds is 13. The van der Waals surface area contributed by atoms with Crippen molar-refractivity contribution in [3.05, 3.63) is 81.6 Å². The molecule has 14 heteroatoms. The van der Waals surface area contributed by atoms with Crippen molar-refractivity contribution in [2.24, 2.45) is 0 Å². The lowest BCUT2D eigenvalue weighted by atomic mass is 9.88. The Kier molecular flexibility index (Phi) is 11.5. The van der Waals surface area contributed by atoms with Crippen LogP contribution < -0.4 is 10.6 Å².